The number of hydrogen-bond acceptors (Lipinski definition) is 3. The third-order valence-electron chi connectivity index (χ3n) is 4.62. The first kappa shape index (κ1) is 17.3. The van der Waals surface area contributed by atoms with Gasteiger partial charge >= 0.3 is 0 Å². The van der Waals surface area contributed by atoms with E-state index in [0.717, 1.165) is 43.3 Å². The summed E-state index contributed by atoms with van der Waals surface area (Å²) < 4.78 is 0. The summed E-state index contributed by atoms with van der Waals surface area (Å²) in [5.74, 6) is 0.0755. The molecule has 1 amide bonds. The fraction of sp³-hybridized carbons (Fsp3) is 0.250. The third-order valence-corrected chi connectivity index (χ3v) is 5.19. The molecule has 0 aliphatic carbocycles. The minimum atomic E-state index is -0.130. The molecule has 4 nitrogen and oxygen atoms in total. The van der Waals surface area contributed by atoms with Crippen molar-refractivity contribution in [3.63, 3.8) is 0 Å². The molecule has 1 fully saturated rings. The number of benzene rings is 2. The average Bonchev–Trinajstić information content (AvgIpc) is 2.68. The second-order valence-electron chi connectivity index (χ2n) is 6.39. The first-order valence-electron chi connectivity index (χ1n) is 8.65. The van der Waals surface area contributed by atoms with E-state index in [1.165, 1.54) is 0 Å². The molecule has 0 bridgehead atoms. The number of fused-ring (bicyclic) bond motifs is 1. The number of hydrogen-bond donors (Lipinski definition) is 0. The number of carbonyl (C=O) groups excluding carboxylic acids is 1. The number of aromatic nitrogens is 2. The van der Waals surface area contributed by atoms with Crippen LogP contribution in [0.2, 0.25) is 10.0 Å². The highest BCUT2D eigenvalue weighted by molar-refractivity contribution is 6.34. The molecule has 3 aromatic rings. The molecule has 0 radical (unpaired) electrons. The molecule has 2 aromatic carbocycles. The van der Waals surface area contributed by atoms with Crippen LogP contribution < -0.4 is 0 Å². The molecule has 0 unspecified atom stereocenters. The lowest BCUT2D eigenvalue weighted by molar-refractivity contribution is 0.0712. The van der Waals surface area contributed by atoms with Gasteiger partial charge in [-0.25, -0.2) is 9.97 Å². The van der Waals surface area contributed by atoms with Crippen molar-refractivity contribution >= 4 is 40.0 Å². The van der Waals surface area contributed by atoms with Gasteiger partial charge in [-0.3, -0.25) is 4.79 Å². The fourth-order valence-corrected chi connectivity index (χ4v) is 3.69. The van der Waals surface area contributed by atoms with Crippen LogP contribution in [0.25, 0.3) is 22.2 Å². The maximum Gasteiger partial charge on any atom is 0.291 e. The SMILES string of the molecule is O=C(c1nc(-c2ccccc2Cl)c2cc(Cl)ccc2n1)N1CCCCC1. The van der Waals surface area contributed by atoms with Crippen molar-refractivity contribution in [2.75, 3.05) is 13.1 Å². The van der Waals surface area contributed by atoms with Gasteiger partial charge < -0.3 is 4.90 Å². The van der Waals surface area contributed by atoms with Crippen LogP contribution in [0, 0.1) is 0 Å². The van der Waals surface area contributed by atoms with Gasteiger partial charge in [-0.1, -0.05) is 41.4 Å². The summed E-state index contributed by atoms with van der Waals surface area (Å²) in [6, 6.07) is 12.8. The maximum atomic E-state index is 12.9. The fourth-order valence-electron chi connectivity index (χ4n) is 3.29. The molecule has 0 spiro atoms. The summed E-state index contributed by atoms with van der Waals surface area (Å²) in [4.78, 5) is 23.9. The summed E-state index contributed by atoms with van der Waals surface area (Å²) in [5.41, 5.74) is 2.07. The Morgan fingerprint density at radius 3 is 2.50 bits per heavy atom. The lowest BCUT2D eigenvalue weighted by Gasteiger charge is -2.26. The highest BCUT2D eigenvalue weighted by Crippen LogP contribution is 2.33. The predicted octanol–water partition coefficient (Wildman–Crippen LogP) is 5.23. The number of carbonyl (C=O) groups is 1. The number of halogens is 2. The van der Waals surface area contributed by atoms with E-state index >= 15 is 0 Å². The summed E-state index contributed by atoms with van der Waals surface area (Å²) in [7, 11) is 0. The number of nitrogens with zero attached hydrogens (tertiary/aromatic N) is 3. The van der Waals surface area contributed by atoms with Crippen LogP contribution in [0.1, 0.15) is 29.9 Å². The lowest BCUT2D eigenvalue weighted by atomic mass is 10.1. The van der Waals surface area contributed by atoms with Crippen LogP contribution in [-0.2, 0) is 0 Å². The summed E-state index contributed by atoms with van der Waals surface area (Å²) >= 11 is 12.6. The van der Waals surface area contributed by atoms with Gasteiger partial charge in [0.1, 0.15) is 0 Å². The molecule has 1 aromatic heterocycles. The van der Waals surface area contributed by atoms with Crippen molar-refractivity contribution in [3.05, 3.63) is 58.3 Å². The topological polar surface area (TPSA) is 46.1 Å². The third kappa shape index (κ3) is 3.27. The van der Waals surface area contributed by atoms with Gasteiger partial charge in [-0.2, -0.15) is 0 Å². The molecule has 2 heterocycles. The second-order valence-corrected chi connectivity index (χ2v) is 7.23. The minimum Gasteiger partial charge on any atom is -0.336 e. The summed E-state index contributed by atoms with van der Waals surface area (Å²) in [5, 5.41) is 1.94. The van der Waals surface area contributed by atoms with Gasteiger partial charge in [-0.05, 0) is 43.5 Å². The molecule has 1 aliphatic rings. The largest absolute Gasteiger partial charge is 0.336 e. The van der Waals surface area contributed by atoms with Crippen LogP contribution in [0.15, 0.2) is 42.5 Å². The van der Waals surface area contributed by atoms with Crippen LogP contribution in [0.4, 0.5) is 0 Å². The Labute approximate surface area is 161 Å². The Bertz CT molecular complexity index is 984. The molecular weight excluding hydrogens is 369 g/mol. The Morgan fingerprint density at radius 1 is 0.962 bits per heavy atom. The van der Waals surface area contributed by atoms with E-state index in [4.69, 9.17) is 23.2 Å². The van der Waals surface area contributed by atoms with Crippen LogP contribution >= 0.6 is 23.2 Å². The first-order chi connectivity index (χ1) is 12.6. The van der Waals surface area contributed by atoms with Gasteiger partial charge in [0.25, 0.3) is 5.91 Å². The van der Waals surface area contributed by atoms with Crippen LogP contribution in [0.3, 0.4) is 0 Å². The molecule has 6 heteroatoms. The Kier molecular flexibility index (Phi) is 4.79. The second kappa shape index (κ2) is 7.22. The minimum absolute atomic E-state index is 0.130. The van der Waals surface area contributed by atoms with Crippen LogP contribution in [-0.4, -0.2) is 33.9 Å². The number of amides is 1. The normalized spacial score (nSPS) is 14.6. The molecular formula is C20H17Cl2N3O. The van der Waals surface area contributed by atoms with E-state index in [9.17, 15) is 4.79 Å². The Morgan fingerprint density at radius 2 is 1.73 bits per heavy atom. The Hall–Kier alpha value is -2.17. The zero-order valence-corrected chi connectivity index (χ0v) is 15.6. The molecule has 0 N–H and O–H groups in total. The van der Waals surface area contributed by atoms with Crippen molar-refractivity contribution in [1.29, 1.82) is 0 Å². The van der Waals surface area contributed by atoms with Gasteiger partial charge in [-0.15, -0.1) is 0 Å². The summed E-state index contributed by atoms with van der Waals surface area (Å²) in [6.07, 6.45) is 3.20. The number of rotatable bonds is 2. The van der Waals surface area contributed by atoms with Gasteiger partial charge in [0.05, 0.1) is 11.2 Å². The number of piperidine rings is 1. The first-order valence-corrected chi connectivity index (χ1v) is 9.40. The molecule has 26 heavy (non-hydrogen) atoms. The van der Waals surface area contributed by atoms with Crippen LogP contribution in [0.5, 0.6) is 0 Å². The Balaban J connectivity index is 1.89. The average molecular weight is 386 g/mol. The van der Waals surface area contributed by atoms with Crippen molar-refractivity contribution in [2.45, 2.75) is 19.3 Å². The maximum absolute atomic E-state index is 12.9. The molecule has 4 rings (SSSR count). The van der Waals surface area contributed by atoms with Crippen molar-refractivity contribution in [2.24, 2.45) is 0 Å². The zero-order chi connectivity index (χ0) is 18.1. The molecule has 0 atom stereocenters. The highest BCUT2D eigenvalue weighted by Gasteiger charge is 2.23. The molecule has 0 saturated carbocycles. The van der Waals surface area contributed by atoms with E-state index in [1.807, 2.05) is 41.3 Å². The van der Waals surface area contributed by atoms with Crippen molar-refractivity contribution in [1.82, 2.24) is 14.9 Å². The standard InChI is InChI=1S/C20H17Cl2N3O/c21-13-8-9-17-15(12-13)18(14-6-2-3-7-16(14)22)24-19(23-17)20(26)25-10-4-1-5-11-25/h2-3,6-9,12H,1,4-5,10-11H2. The summed E-state index contributed by atoms with van der Waals surface area (Å²) in [6.45, 7) is 1.50. The van der Waals surface area contributed by atoms with E-state index in [0.29, 0.717) is 21.3 Å². The van der Waals surface area contributed by atoms with Crippen molar-refractivity contribution in [3.8, 4) is 11.3 Å². The number of likely N-dealkylation sites (tertiary alicyclic amines) is 1. The van der Waals surface area contributed by atoms with Gasteiger partial charge in [0.15, 0.2) is 0 Å². The quantitative estimate of drug-likeness (QED) is 0.606. The molecule has 1 aliphatic heterocycles. The van der Waals surface area contributed by atoms with E-state index < -0.39 is 0 Å². The van der Waals surface area contributed by atoms with Gasteiger partial charge in [0.2, 0.25) is 5.82 Å². The lowest BCUT2D eigenvalue weighted by Crippen LogP contribution is -2.36. The predicted molar refractivity (Wildman–Crippen MR) is 105 cm³/mol. The monoisotopic (exact) mass is 385 g/mol. The highest BCUT2D eigenvalue weighted by atomic mass is 35.5. The molecule has 1 saturated heterocycles. The zero-order valence-electron chi connectivity index (χ0n) is 14.1. The smallest absolute Gasteiger partial charge is 0.291 e. The van der Waals surface area contributed by atoms with Gasteiger partial charge in [0, 0.05) is 34.1 Å². The molecule has 132 valence electrons. The van der Waals surface area contributed by atoms with E-state index in [-0.39, 0.29) is 11.7 Å². The van der Waals surface area contributed by atoms with E-state index in [1.54, 1.807) is 6.07 Å². The van der Waals surface area contributed by atoms with E-state index in [2.05, 4.69) is 9.97 Å². The van der Waals surface area contributed by atoms with Crippen molar-refractivity contribution < 1.29 is 4.79 Å².